The highest BCUT2D eigenvalue weighted by Gasteiger charge is 2.28. The van der Waals surface area contributed by atoms with Crippen LogP contribution in [0.4, 0.5) is 0 Å². The third-order valence-electron chi connectivity index (χ3n) is 4.21. The van der Waals surface area contributed by atoms with Gasteiger partial charge in [0.1, 0.15) is 0 Å². The number of nitrogens with one attached hydrogen (secondary N) is 1. The van der Waals surface area contributed by atoms with E-state index in [0.29, 0.717) is 6.04 Å². The van der Waals surface area contributed by atoms with Gasteiger partial charge in [0.15, 0.2) is 0 Å². The normalized spacial score (nSPS) is 21.7. The van der Waals surface area contributed by atoms with Crippen molar-refractivity contribution < 1.29 is 4.74 Å². The van der Waals surface area contributed by atoms with Crippen LogP contribution < -0.4 is 5.32 Å². The molecule has 0 aliphatic carbocycles. The van der Waals surface area contributed by atoms with Gasteiger partial charge in [0.2, 0.25) is 0 Å². The molecule has 0 bridgehead atoms. The van der Waals surface area contributed by atoms with Crippen LogP contribution in [0.3, 0.4) is 0 Å². The molecule has 0 spiro atoms. The first-order chi connectivity index (χ1) is 10.1. The number of morpholine rings is 1. The van der Waals surface area contributed by atoms with Crippen LogP contribution in [-0.4, -0.2) is 60.1 Å². The van der Waals surface area contributed by atoms with Crippen LogP contribution in [0.2, 0.25) is 0 Å². The summed E-state index contributed by atoms with van der Waals surface area (Å²) in [7, 11) is 4.02. The van der Waals surface area contributed by atoms with Gasteiger partial charge in [-0.2, -0.15) is 5.10 Å². The molecule has 0 radical (unpaired) electrons. The SMILES string of the molecule is CCCN1CCOC(C(Cc2c(Br)c(C)nn2C)NC)C1. The van der Waals surface area contributed by atoms with E-state index < -0.39 is 0 Å². The summed E-state index contributed by atoms with van der Waals surface area (Å²) in [6, 6.07) is 0.302. The molecular formula is C15H27BrN4O. The van der Waals surface area contributed by atoms with E-state index in [0.717, 1.165) is 42.8 Å². The van der Waals surface area contributed by atoms with Crippen LogP contribution in [0.25, 0.3) is 0 Å². The van der Waals surface area contributed by atoms with Crippen LogP contribution in [0.15, 0.2) is 4.47 Å². The maximum atomic E-state index is 6.02. The van der Waals surface area contributed by atoms with Gasteiger partial charge in [-0.25, -0.2) is 0 Å². The van der Waals surface area contributed by atoms with Crippen molar-refractivity contribution in [3.63, 3.8) is 0 Å². The first-order valence-corrected chi connectivity index (χ1v) is 8.55. The monoisotopic (exact) mass is 358 g/mol. The van der Waals surface area contributed by atoms with Gasteiger partial charge < -0.3 is 10.1 Å². The second-order valence-corrected chi connectivity index (χ2v) is 6.57. The van der Waals surface area contributed by atoms with E-state index in [1.807, 2.05) is 25.7 Å². The number of aryl methyl sites for hydroxylation is 2. The number of nitrogens with zero attached hydrogens (tertiary/aromatic N) is 3. The van der Waals surface area contributed by atoms with Crippen molar-refractivity contribution in [3.05, 3.63) is 15.9 Å². The van der Waals surface area contributed by atoms with Crippen molar-refractivity contribution in [1.29, 1.82) is 0 Å². The lowest BCUT2D eigenvalue weighted by Gasteiger charge is -2.37. The van der Waals surface area contributed by atoms with E-state index in [1.165, 1.54) is 12.1 Å². The molecule has 120 valence electrons. The molecule has 1 saturated heterocycles. The standard InChI is InChI=1S/C15H27BrN4O/c1-5-6-20-7-8-21-14(10-20)12(17-3)9-13-15(16)11(2)18-19(13)4/h12,14,17H,5-10H2,1-4H3. The zero-order valence-electron chi connectivity index (χ0n) is 13.5. The van der Waals surface area contributed by atoms with Crippen molar-refractivity contribution in [2.24, 2.45) is 7.05 Å². The van der Waals surface area contributed by atoms with E-state index in [4.69, 9.17) is 4.74 Å². The molecule has 6 heteroatoms. The highest BCUT2D eigenvalue weighted by atomic mass is 79.9. The van der Waals surface area contributed by atoms with E-state index in [-0.39, 0.29) is 6.10 Å². The lowest BCUT2D eigenvalue weighted by Crippen LogP contribution is -2.52. The lowest BCUT2D eigenvalue weighted by molar-refractivity contribution is -0.0453. The second kappa shape index (κ2) is 7.72. The van der Waals surface area contributed by atoms with Crippen molar-refractivity contribution >= 4 is 15.9 Å². The fourth-order valence-electron chi connectivity index (χ4n) is 3.02. The van der Waals surface area contributed by atoms with Gasteiger partial charge in [-0.3, -0.25) is 9.58 Å². The lowest BCUT2D eigenvalue weighted by atomic mass is 10.0. The second-order valence-electron chi connectivity index (χ2n) is 5.78. The average molecular weight is 359 g/mol. The minimum absolute atomic E-state index is 0.234. The molecular weight excluding hydrogens is 332 g/mol. The quantitative estimate of drug-likeness (QED) is 0.840. The summed E-state index contributed by atoms with van der Waals surface area (Å²) in [6.07, 6.45) is 2.35. The summed E-state index contributed by atoms with van der Waals surface area (Å²) in [5.41, 5.74) is 2.27. The average Bonchev–Trinajstić information content (AvgIpc) is 2.71. The van der Waals surface area contributed by atoms with Gasteiger partial charge in [0.05, 0.1) is 28.6 Å². The van der Waals surface area contributed by atoms with E-state index in [2.05, 4.69) is 38.2 Å². The largest absolute Gasteiger partial charge is 0.374 e. The molecule has 5 nitrogen and oxygen atoms in total. The molecule has 2 heterocycles. The van der Waals surface area contributed by atoms with Crippen LogP contribution in [0.1, 0.15) is 24.7 Å². The summed E-state index contributed by atoms with van der Waals surface area (Å²) in [5, 5.41) is 7.91. The Labute approximate surface area is 136 Å². The molecule has 2 rings (SSSR count). The molecule has 21 heavy (non-hydrogen) atoms. The van der Waals surface area contributed by atoms with Gasteiger partial charge >= 0.3 is 0 Å². The molecule has 1 aliphatic rings. The smallest absolute Gasteiger partial charge is 0.0858 e. The molecule has 2 unspecified atom stereocenters. The van der Waals surface area contributed by atoms with Gasteiger partial charge in [-0.1, -0.05) is 6.92 Å². The zero-order valence-corrected chi connectivity index (χ0v) is 15.1. The van der Waals surface area contributed by atoms with Crippen LogP contribution in [0.5, 0.6) is 0 Å². The maximum Gasteiger partial charge on any atom is 0.0858 e. The summed E-state index contributed by atoms with van der Waals surface area (Å²) in [6.45, 7) is 8.31. The molecule has 1 aromatic heterocycles. The molecule has 2 atom stereocenters. The Balaban J connectivity index is 2.05. The zero-order chi connectivity index (χ0) is 15.4. The number of hydrogen-bond acceptors (Lipinski definition) is 4. The Morgan fingerprint density at radius 3 is 2.86 bits per heavy atom. The van der Waals surface area contributed by atoms with Crippen molar-refractivity contribution in [2.45, 2.75) is 38.8 Å². The predicted molar refractivity (Wildman–Crippen MR) is 88.7 cm³/mol. The van der Waals surface area contributed by atoms with Gasteiger partial charge in [0, 0.05) is 32.6 Å². The first kappa shape index (κ1) is 16.9. The summed E-state index contributed by atoms with van der Waals surface area (Å²) >= 11 is 3.66. The van der Waals surface area contributed by atoms with Crippen molar-refractivity contribution in [1.82, 2.24) is 20.0 Å². The Kier molecular flexibility index (Phi) is 6.22. The third-order valence-corrected chi connectivity index (χ3v) is 5.24. The number of rotatable bonds is 6. The summed E-state index contributed by atoms with van der Waals surface area (Å²) in [4.78, 5) is 2.50. The number of aromatic nitrogens is 2. The highest BCUT2D eigenvalue weighted by molar-refractivity contribution is 9.10. The van der Waals surface area contributed by atoms with Crippen LogP contribution in [0, 0.1) is 6.92 Å². The minimum Gasteiger partial charge on any atom is -0.374 e. The fraction of sp³-hybridized carbons (Fsp3) is 0.800. The van der Waals surface area contributed by atoms with Crippen LogP contribution in [-0.2, 0) is 18.2 Å². The Morgan fingerprint density at radius 2 is 2.29 bits per heavy atom. The molecule has 0 aromatic carbocycles. The molecule has 0 amide bonds. The maximum absolute atomic E-state index is 6.02. The van der Waals surface area contributed by atoms with Crippen molar-refractivity contribution in [3.8, 4) is 0 Å². The number of halogens is 1. The molecule has 1 fully saturated rings. The molecule has 0 saturated carbocycles. The Morgan fingerprint density at radius 1 is 1.52 bits per heavy atom. The van der Waals surface area contributed by atoms with E-state index in [1.54, 1.807) is 0 Å². The molecule has 1 N–H and O–H groups in total. The first-order valence-electron chi connectivity index (χ1n) is 7.76. The van der Waals surface area contributed by atoms with Crippen LogP contribution >= 0.6 is 15.9 Å². The fourth-order valence-corrected chi connectivity index (χ4v) is 3.52. The topological polar surface area (TPSA) is 42.3 Å². The highest BCUT2D eigenvalue weighted by Crippen LogP contribution is 2.23. The van der Waals surface area contributed by atoms with Crippen molar-refractivity contribution in [2.75, 3.05) is 33.3 Å². The minimum atomic E-state index is 0.234. The Bertz CT molecular complexity index is 461. The summed E-state index contributed by atoms with van der Waals surface area (Å²) < 4.78 is 9.10. The third kappa shape index (κ3) is 4.06. The molecule has 1 aliphatic heterocycles. The predicted octanol–water partition coefficient (Wildman–Crippen LogP) is 1.73. The van der Waals surface area contributed by atoms with E-state index >= 15 is 0 Å². The van der Waals surface area contributed by atoms with Gasteiger partial charge in [0.25, 0.3) is 0 Å². The summed E-state index contributed by atoms with van der Waals surface area (Å²) in [5.74, 6) is 0. The van der Waals surface area contributed by atoms with Gasteiger partial charge in [-0.15, -0.1) is 0 Å². The van der Waals surface area contributed by atoms with Gasteiger partial charge in [-0.05, 0) is 42.9 Å². The Hall–Kier alpha value is -0.430. The number of likely N-dealkylation sites (N-methyl/N-ethyl adjacent to an activating group) is 1. The number of hydrogen-bond donors (Lipinski definition) is 1. The van der Waals surface area contributed by atoms with E-state index in [9.17, 15) is 0 Å². The molecule has 1 aromatic rings. The number of ether oxygens (including phenoxy) is 1.